The minimum Gasteiger partial charge on any atom is -0.464 e. The van der Waals surface area contributed by atoms with E-state index in [1.54, 1.807) is 7.11 Å². The van der Waals surface area contributed by atoms with E-state index in [-0.39, 0.29) is 12.1 Å². The highest BCUT2D eigenvalue weighted by atomic mass is 32.2. The highest BCUT2D eigenvalue weighted by Gasteiger charge is 2.22. The van der Waals surface area contributed by atoms with Crippen LogP contribution in [0.3, 0.4) is 0 Å². The van der Waals surface area contributed by atoms with Crippen LogP contribution in [-0.4, -0.2) is 49.2 Å². The molecule has 20 heavy (non-hydrogen) atoms. The standard InChI is InChI=1S/C14H22N2O3S/c1-3-11-4-5-13(19-11)12(10-18-2)15-14(17)16-6-8-20-9-7-16/h4-5,12H,3,6-10H2,1-2H3,(H,15,17)/t12-/m1/s1. The van der Waals surface area contributed by atoms with Crippen molar-refractivity contribution in [2.24, 2.45) is 0 Å². The number of rotatable bonds is 5. The SMILES string of the molecule is CCc1ccc([C@@H](COC)NC(=O)N2CCSCC2)o1. The zero-order valence-corrected chi connectivity index (χ0v) is 12.9. The molecule has 1 N–H and O–H groups in total. The molecule has 1 aromatic rings. The van der Waals surface area contributed by atoms with Crippen molar-refractivity contribution in [1.82, 2.24) is 10.2 Å². The molecule has 5 nitrogen and oxygen atoms in total. The Morgan fingerprint density at radius 3 is 2.85 bits per heavy atom. The number of hydrogen-bond donors (Lipinski definition) is 1. The predicted octanol–water partition coefficient (Wildman–Crippen LogP) is 2.29. The second-order valence-corrected chi connectivity index (χ2v) is 5.94. The van der Waals surface area contributed by atoms with Crippen LogP contribution >= 0.6 is 11.8 Å². The number of methoxy groups -OCH3 is 1. The van der Waals surface area contributed by atoms with E-state index in [0.29, 0.717) is 6.61 Å². The van der Waals surface area contributed by atoms with Gasteiger partial charge in [-0.1, -0.05) is 6.92 Å². The van der Waals surface area contributed by atoms with Gasteiger partial charge in [0, 0.05) is 38.1 Å². The molecule has 0 spiro atoms. The maximum Gasteiger partial charge on any atom is 0.318 e. The Hall–Kier alpha value is -1.14. The highest BCUT2D eigenvalue weighted by molar-refractivity contribution is 7.99. The molecule has 0 bridgehead atoms. The Labute approximate surface area is 124 Å². The minimum atomic E-state index is -0.234. The van der Waals surface area contributed by atoms with Gasteiger partial charge in [0.1, 0.15) is 17.6 Å². The molecule has 1 atom stereocenters. The quantitative estimate of drug-likeness (QED) is 0.906. The number of nitrogens with zero attached hydrogens (tertiary/aromatic N) is 1. The number of hydrogen-bond acceptors (Lipinski definition) is 4. The van der Waals surface area contributed by atoms with Crippen LogP contribution in [0.1, 0.15) is 24.5 Å². The van der Waals surface area contributed by atoms with Crippen LogP contribution in [0.4, 0.5) is 4.79 Å². The van der Waals surface area contributed by atoms with Crippen LogP contribution < -0.4 is 5.32 Å². The number of carbonyl (C=O) groups is 1. The Morgan fingerprint density at radius 1 is 1.50 bits per heavy atom. The first-order valence-electron chi connectivity index (χ1n) is 6.95. The summed E-state index contributed by atoms with van der Waals surface area (Å²) in [5, 5.41) is 3.00. The second kappa shape index (κ2) is 7.59. The van der Waals surface area contributed by atoms with Crippen molar-refractivity contribution in [1.29, 1.82) is 0 Å². The molecule has 0 saturated carbocycles. The Balaban J connectivity index is 1.99. The lowest BCUT2D eigenvalue weighted by Crippen LogP contribution is -2.46. The third kappa shape index (κ3) is 3.93. The van der Waals surface area contributed by atoms with Gasteiger partial charge in [-0.15, -0.1) is 0 Å². The summed E-state index contributed by atoms with van der Waals surface area (Å²) >= 11 is 1.88. The van der Waals surface area contributed by atoms with Gasteiger partial charge in [-0.2, -0.15) is 11.8 Å². The number of aryl methyl sites for hydroxylation is 1. The lowest BCUT2D eigenvalue weighted by Gasteiger charge is -2.28. The van der Waals surface area contributed by atoms with Gasteiger partial charge in [-0.05, 0) is 12.1 Å². The molecule has 112 valence electrons. The molecule has 1 saturated heterocycles. The normalized spacial score (nSPS) is 17.0. The maximum atomic E-state index is 12.2. The zero-order valence-electron chi connectivity index (χ0n) is 12.1. The summed E-state index contributed by atoms with van der Waals surface area (Å²) in [6, 6.07) is 3.58. The molecule has 2 heterocycles. The maximum absolute atomic E-state index is 12.2. The van der Waals surface area contributed by atoms with Gasteiger partial charge in [0.2, 0.25) is 0 Å². The first-order valence-corrected chi connectivity index (χ1v) is 8.10. The summed E-state index contributed by atoms with van der Waals surface area (Å²) in [5.74, 6) is 3.68. The monoisotopic (exact) mass is 298 g/mol. The van der Waals surface area contributed by atoms with Crippen molar-refractivity contribution in [3.8, 4) is 0 Å². The summed E-state index contributed by atoms with van der Waals surface area (Å²) in [7, 11) is 1.63. The van der Waals surface area contributed by atoms with Gasteiger partial charge in [0.05, 0.1) is 6.61 Å². The van der Waals surface area contributed by atoms with E-state index in [1.807, 2.05) is 35.7 Å². The fourth-order valence-corrected chi connectivity index (χ4v) is 3.04. The Bertz CT molecular complexity index is 430. The number of thioether (sulfide) groups is 1. The van der Waals surface area contributed by atoms with Crippen molar-refractivity contribution in [3.63, 3.8) is 0 Å². The first kappa shape index (κ1) is 15.3. The summed E-state index contributed by atoms with van der Waals surface area (Å²) in [6.07, 6.45) is 0.844. The van der Waals surface area contributed by atoms with E-state index in [0.717, 1.165) is 42.5 Å². The highest BCUT2D eigenvalue weighted by Crippen LogP contribution is 2.18. The smallest absolute Gasteiger partial charge is 0.318 e. The first-order chi connectivity index (χ1) is 9.74. The number of ether oxygens (including phenoxy) is 1. The van der Waals surface area contributed by atoms with Gasteiger partial charge >= 0.3 is 6.03 Å². The number of urea groups is 1. The largest absolute Gasteiger partial charge is 0.464 e. The minimum absolute atomic E-state index is 0.0400. The van der Waals surface area contributed by atoms with Crippen LogP contribution in [0, 0.1) is 0 Å². The lowest BCUT2D eigenvalue weighted by molar-refractivity contribution is 0.147. The lowest BCUT2D eigenvalue weighted by atomic mass is 10.2. The van der Waals surface area contributed by atoms with E-state index in [2.05, 4.69) is 5.32 Å². The fourth-order valence-electron chi connectivity index (χ4n) is 2.14. The van der Waals surface area contributed by atoms with Crippen LogP contribution in [0.15, 0.2) is 16.5 Å². The molecule has 0 aliphatic carbocycles. The fraction of sp³-hybridized carbons (Fsp3) is 0.643. The van der Waals surface area contributed by atoms with E-state index >= 15 is 0 Å². The van der Waals surface area contributed by atoms with Crippen molar-refractivity contribution < 1.29 is 13.9 Å². The Kier molecular flexibility index (Phi) is 5.79. The molecule has 2 rings (SSSR count). The Morgan fingerprint density at radius 2 is 2.25 bits per heavy atom. The molecule has 0 unspecified atom stereocenters. The second-order valence-electron chi connectivity index (χ2n) is 4.71. The number of furan rings is 1. The average molecular weight is 298 g/mol. The summed E-state index contributed by atoms with van der Waals surface area (Å²) in [4.78, 5) is 14.1. The molecule has 6 heteroatoms. The molecule has 1 aromatic heterocycles. The predicted molar refractivity (Wildman–Crippen MR) is 80.1 cm³/mol. The third-order valence-electron chi connectivity index (χ3n) is 3.30. The summed E-state index contributed by atoms with van der Waals surface area (Å²) < 4.78 is 10.9. The van der Waals surface area contributed by atoms with Gasteiger partial charge in [0.25, 0.3) is 0 Å². The third-order valence-corrected chi connectivity index (χ3v) is 4.25. The van der Waals surface area contributed by atoms with Crippen LogP contribution in [0.5, 0.6) is 0 Å². The van der Waals surface area contributed by atoms with Gasteiger partial charge in [-0.25, -0.2) is 4.79 Å². The van der Waals surface area contributed by atoms with E-state index in [4.69, 9.17) is 9.15 Å². The number of carbonyl (C=O) groups excluding carboxylic acids is 1. The molecular formula is C14H22N2O3S. The summed E-state index contributed by atoms with van der Waals surface area (Å²) in [5.41, 5.74) is 0. The van der Waals surface area contributed by atoms with Crippen LogP contribution in [-0.2, 0) is 11.2 Å². The zero-order chi connectivity index (χ0) is 14.4. The van der Waals surface area contributed by atoms with Crippen molar-refractivity contribution in [2.45, 2.75) is 19.4 Å². The van der Waals surface area contributed by atoms with E-state index in [1.165, 1.54) is 0 Å². The van der Waals surface area contributed by atoms with Gasteiger partial charge < -0.3 is 19.4 Å². The topological polar surface area (TPSA) is 54.7 Å². The molecular weight excluding hydrogens is 276 g/mol. The molecule has 0 aromatic carbocycles. The van der Waals surface area contributed by atoms with Gasteiger partial charge in [0.15, 0.2) is 0 Å². The molecule has 0 radical (unpaired) electrons. The van der Waals surface area contributed by atoms with E-state index < -0.39 is 0 Å². The van der Waals surface area contributed by atoms with Crippen LogP contribution in [0.25, 0.3) is 0 Å². The molecule has 1 aliphatic rings. The summed E-state index contributed by atoms with van der Waals surface area (Å²) in [6.45, 7) is 4.05. The number of nitrogens with one attached hydrogen (secondary N) is 1. The van der Waals surface area contributed by atoms with Crippen molar-refractivity contribution in [3.05, 3.63) is 23.7 Å². The van der Waals surface area contributed by atoms with Crippen LogP contribution in [0.2, 0.25) is 0 Å². The van der Waals surface area contributed by atoms with Gasteiger partial charge in [-0.3, -0.25) is 0 Å². The van der Waals surface area contributed by atoms with Crippen molar-refractivity contribution >= 4 is 17.8 Å². The number of amides is 2. The molecule has 2 amide bonds. The molecule has 1 fully saturated rings. The molecule has 1 aliphatic heterocycles. The van der Waals surface area contributed by atoms with Crippen molar-refractivity contribution in [2.75, 3.05) is 38.3 Å². The van der Waals surface area contributed by atoms with E-state index in [9.17, 15) is 4.79 Å². The average Bonchev–Trinajstić information content (AvgIpc) is 2.96.